The summed E-state index contributed by atoms with van der Waals surface area (Å²) in [6.45, 7) is 2.58. The van der Waals surface area contributed by atoms with E-state index >= 15 is 0 Å². The quantitative estimate of drug-likeness (QED) is 0.238. The molecule has 0 heterocycles. The maximum absolute atomic E-state index is 11.8. The summed E-state index contributed by atoms with van der Waals surface area (Å²) in [4.78, 5) is 22.5. The Morgan fingerprint density at radius 2 is 1.61 bits per heavy atom. The molecular formula is C18H31NO4. The number of allylic oxidation sites excluding steroid dienone is 3. The molecular weight excluding hydrogens is 294 g/mol. The second-order valence-corrected chi connectivity index (χ2v) is 6.67. The Morgan fingerprint density at radius 3 is 2.13 bits per heavy atom. The third kappa shape index (κ3) is 15.1. The van der Waals surface area contributed by atoms with Crippen molar-refractivity contribution in [1.82, 2.24) is 0 Å². The van der Waals surface area contributed by atoms with Crippen LogP contribution in [0.1, 0.15) is 45.4 Å². The number of carboxylic acid groups (broad SMARTS) is 1. The number of likely N-dealkylation sites (N-methyl/N-ethyl adjacent to an activating group) is 1. The average molecular weight is 325 g/mol. The van der Waals surface area contributed by atoms with Gasteiger partial charge in [0.1, 0.15) is 6.54 Å². The molecule has 0 aromatic heterocycles. The van der Waals surface area contributed by atoms with Gasteiger partial charge in [0.15, 0.2) is 6.10 Å². The number of hydrogen-bond acceptors (Lipinski definition) is 4. The molecule has 0 aliphatic rings. The molecule has 5 heteroatoms. The molecule has 0 fully saturated rings. The molecule has 0 aromatic carbocycles. The third-order valence-corrected chi connectivity index (χ3v) is 3.02. The van der Waals surface area contributed by atoms with Gasteiger partial charge in [0, 0.05) is 12.4 Å². The molecule has 0 saturated heterocycles. The first-order chi connectivity index (χ1) is 10.7. The summed E-state index contributed by atoms with van der Waals surface area (Å²) < 4.78 is 5.78. The number of unbranched alkanes of at least 4 members (excludes halogenated alkanes) is 2. The van der Waals surface area contributed by atoms with Crippen LogP contribution in [-0.4, -0.2) is 50.2 Å². The highest BCUT2D eigenvalue weighted by atomic mass is 16.5. The van der Waals surface area contributed by atoms with Crippen molar-refractivity contribution in [3.05, 3.63) is 24.3 Å². The number of ether oxygens (including phenoxy) is 1. The second kappa shape index (κ2) is 11.9. The normalized spacial score (nSPS) is 13.6. The first-order valence-corrected chi connectivity index (χ1v) is 8.24. The van der Waals surface area contributed by atoms with Crippen LogP contribution in [0.15, 0.2) is 24.3 Å². The molecule has 132 valence electrons. The molecule has 0 saturated carbocycles. The number of aliphatic carboxylic acids is 1. The van der Waals surface area contributed by atoms with Crippen molar-refractivity contribution in [3.63, 3.8) is 0 Å². The van der Waals surface area contributed by atoms with Crippen LogP contribution in [0.3, 0.4) is 0 Å². The molecule has 0 aliphatic carbocycles. The zero-order valence-electron chi connectivity index (χ0n) is 14.9. The largest absolute Gasteiger partial charge is 0.550 e. The summed E-state index contributed by atoms with van der Waals surface area (Å²) in [7, 11) is 5.76. The van der Waals surface area contributed by atoms with E-state index in [4.69, 9.17) is 4.74 Å². The molecule has 0 radical (unpaired) electrons. The van der Waals surface area contributed by atoms with Crippen molar-refractivity contribution < 1.29 is 23.9 Å². The van der Waals surface area contributed by atoms with Crippen molar-refractivity contribution in [2.45, 2.75) is 51.6 Å². The lowest BCUT2D eigenvalue weighted by Crippen LogP contribution is -2.45. The monoisotopic (exact) mass is 325 g/mol. The van der Waals surface area contributed by atoms with Crippen molar-refractivity contribution in [1.29, 1.82) is 0 Å². The van der Waals surface area contributed by atoms with Gasteiger partial charge in [-0.15, -0.1) is 0 Å². The molecule has 0 bridgehead atoms. The molecule has 1 unspecified atom stereocenters. The maximum atomic E-state index is 11.8. The highest BCUT2D eigenvalue weighted by Gasteiger charge is 2.21. The third-order valence-electron chi connectivity index (χ3n) is 3.02. The Labute approximate surface area is 140 Å². The molecule has 0 aromatic rings. The Hall–Kier alpha value is -1.62. The van der Waals surface area contributed by atoms with Gasteiger partial charge in [-0.25, -0.2) is 0 Å². The number of carbonyl (C=O) groups is 2. The summed E-state index contributed by atoms with van der Waals surface area (Å²) in [5.74, 6) is -1.60. The van der Waals surface area contributed by atoms with Gasteiger partial charge in [-0.3, -0.25) is 4.79 Å². The van der Waals surface area contributed by atoms with Gasteiger partial charge in [-0.05, 0) is 19.3 Å². The maximum Gasteiger partial charge on any atom is 0.310 e. The summed E-state index contributed by atoms with van der Waals surface area (Å²) in [6, 6.07) is 0. The van der Waals surface area contributed by atoms with Crippen LogP contribution in [0.4, 0.5) is 0 Å². The number of hydrogen-bond donors (Lipinski definition) is 0. The Morgan fingerprint density at radius 1 is 1.04 bits per heavy atom. The van der Waals surface area contributed by atoms with Crippen LogP contribution in [0.2, 0.25) is 0 Å². The van der Waals surface area contributed by atoms with Gasteiger partial charge in [0.05, 0.1) is 27.6 Å². The van der Waals surface area contributed by atoms with Crippen LogP contribution < -0.4 is 5.11 Å². The fourth-order valence-electron chi connectivity index (χ4n) is 2.07. The molecule has 1 atom stereocenters. The molecule has 23 heavy (non-hydrogen) atoms. The van der Waals surface area contributed by atoms with Crippen LogP contribution >= 0.6 is 0 Å². The molecule has 0 spiro atoms. The van der Waals surface area contributed by atoms with E-state index in [1.165, 1.54) is 0 Å². The van der Waals surface area contributed by atoms with E-state index in [1.54, 1.807) is 6.08 Å². The number of carbonyl (C=O) groups excluding carboxylic acids is 2. The fourth-order valence-corrected chi connectivity index (χ4v) is 2.07. The van der Waals surface area contributed by atoms with Crippen LogP contribution in [0.25, 0.3) is 0 Å². The zero-order valence-corrected chi connectivity index (χ0v) is 14.9. The number of esters is 1. The molecule has 0 amide bonds. The van der Waals surface area contributed by atoms with E-state index in [0.29, 0.717) is 11.0 Å². The van der Waals surface area contributed by atoms with E-state index < -0.39 is 18.0 Å². The Kier molecular flexibility index (Phi) is 11.0. The van der Waals surface area contributed by atoms with E-state index in [1.807, 2.05) is 27.2 Å². The predicted octanol–water partition coefficient (Wildman–Crippen LogP) is 1.83. The van der Waals surface area contributed by atoms with Gasteiger partial charge in [0.25, 0.3) is 0 Å². The topological polar surface area (TPSA) is 66.4 Å². The zero-order chi connectivity index (χ0) is 17.7. The van der Waals surface area contributed by atoms with Crippen molar-refractivity contribution in [2.24, 2.45) is 0 Å². The van der Waals surface area contributed by atoms with Gasteiger partial charge in [-0.2, -0.15) is 0 Å². The summed E-state index contributed by atoms with van der Waals surface area (Å²) in [5.41, 5.74) is 0. The predicted molar refractivity (Wildman–Crippen MR) is 89.4 cm³/mol. The standard InChI is InChI=1S/C18H31NO4/c1-5-6-7-8-9-10-11-12-13-18(22)23-16(14-17(20)21)15-19(2,3)4/h7-8,11-12,16H,5-6,9-10,13-15H2,1-4H3/b8-7+,12-11+. The minimum Gasteiger partial charge on any atom is -0.550 e. The summed E-state index contributed by atoms with van der Waals surface area (Å²) >= 11 is 0. The van der Waals surface area contributed by atoms with Gasteiger partial charge >= 0.3 is 5.97 Å². The van der Waals surface area contributed by atoms with Crippen molar-refractivity contribution >= 4 is 11.9 Å². The van der Waals surface area contributed by atoms with E-state index in [-0.39, 0.29) is 12.8 Å². The molecule has 0 aliphatic heterocycles. The van der Waals surface area contributed by atoms with E-state index in [9.17, 15) is 14.7 Å². The van der Waals surface area contributed by atoms with E-state index in [0.717, 1.165) is 25.7 Å². The SMILES string of the molecule is CCC/C=C/CC/C=C/CC(=O)OC(CC(=O)[O-])C[N+](C)(C)C. The Bertz CT molecular complexity index is 408. The minimum absolute atomic E-state index is 0.166. The number of quaternary nitrogens is 1. The van der Waals surface area contributed by atoms with Crippen molar-refractivity contribution in [3.8, 4) is 0 Å². The fraction of sp³-hybridized carbons (Fsp3) is 0.667. The highest BCUT2D eigenvalue weighted by Crippen LogP contribution is 2.06. The van der Waals surface area contributed by atoms with Crippen LogP contribution in [-0.2, 0) is 14.3 Å². The smallest absolute Gasteiger partial charge is 0.310 e. The van der Waals surface area contributed by atoms with Crippen LogP contribution in [0, 0.1) is 0 Å². The van der Waals surface area contributed by atoms with Gasteiger partial charge in [-0.1, -0.05) is 37.6 Å². The summed E-state index contributed by atoms with van der Waals surface area (Å²) in [5, 5.41) is 10.8. The lowest BCUT2D eigenvalue weighted by molar-refractivity contribution is -0.873. The number of nitrogens with zero attached hydrogens (tertiary/aromatic N) is 1. The first kappa shape index (κ1) is 21.4. The average Bonchev–Trinajstić information content (AvgIpc) is 2.39. The van der Waals surface area contributed by atoms with Crippen LogP contribution in [0.5, 0.6) is 0 Å². The minimum atomic E-state index is -1.20. The number of rotatable bonds is 12. The summed E-state index contributed by atoms with van der Waals surface area (Å²) in [6.07, 6.45) is 11.4. The lowest BCUT2D eigenvalue weighted by atomic mass is 10.2. The van der Waals surface area contributed by atoms with Crippen molar-refractivity contribution in [2.75, 3.05) is 27.7 Å². The van der Waals surface area contributed by atoms with Gasteiger partial charge in [0.2, 0.25) is 0 Å². The lowest BCUT2D eigenvalue weighted by Gasteiger charge is -2.29. The number of carboxylic acids is 1. The highest BCUT2D eigenvalue weighted by molar-refractivity contribution is 5.72. The molecule has 0 N–H and O–H groups in total. The van der Waals surface area contributed by atoms with E-state index in [2.05, 4.69) is 19.1 Å². The first-order valence-electron chi connectivity index (χ1n) is 8.24. The molecule has 5 nitrogen and oxygen atoms in total. The van der Waals surface area contributed by atoms with Gasteiger partial charge < -0.3 is 19.1 Å². The molecule has 0 rings (SSSR count). The second-order valence-electron chi connectivity index (χ2n) is 6.67. The Balaban J connectivity index is 4.14.